The van der Waals surface area contributed by atoms with Gasteiger partial charge < -0.3 is 0 Å². The van der Waals surface area contributed by atoms with Gasteiger partial charge in [0.15, 0.2) is 5.82 Å². The van der Waals surface area contributed by atoms with E-state index in [1.165, 1.54) is 0 Å². The van der Waals surface area contributed by atoms with Crippen molar-refractivity contribution >= 4 is 0 Å². The Balaban J connectivity index is 2.06. The molecule has 21 heavy (non-hydrogen) atoms. The van der Waals surface area contributed by atoms with Crippen LogP contribution in [0.3, 0.4) is 0 Å². The first-order chi connectivity index (χ1) is 10.2. The summed E-state index contributed by atoms with van der Waals surface area (Å²) in [5.41, 5.74) is 2.74. The highest BCUT2D eigenvalue weighted by atomic mass is 15.0. The molecule has 1 N–H and O–H groups in total. The summed E-state index contributed by atoms with van der Waals surface area (Å²) >= 11 is 0. The van der Waals surface area contributed by atoms with E-state index >= 15 is 0 Å². The SMILES string of the molecule is Cc1cc(C2(C)C=CC=CCN2)nc(-c2ccccc2)n1. The highest BCUT2D eigenvalue weighted by Gasteiger charge is 2.25. The van der Waals surface area contributed by atoms with Crippen LogP contribution in [-0.2, 0) is 5.54 Å². The fourth-order valence-corrected chi connectivity index (χ4v) is 2.45. The molecule has 1 unspecified atom stereocenters. The van der Waals surface area contributed by atoms with Crippen molar-refractivity contribution in [2.75, 3.05) is 6.54 Å². The summed E-state index contributed by atoms with van der Waals surface area (Å²) in [4.78, 5) is 9.36. The molecule has 1 aromatic carbocycles. The fraction of sp³-hybridized carbons (Fsp3) is 0.222. The van der Waals surface area contributed by atoms with Crippen LogP contribution in [0.5, 0.6) is 0 Å². The van der Waals surface area contributed by atoms with Crippen molar-refractivity contribution in [2.24, 2.45) is 0 Å². The molecule has 1 aromatic heterocycles. The Kier molecular flexibility index (Phi) is 3.67. The van der Waals surface area contributed by atoms with Gasteiger partial charge in [0.2, 0.25) is 0 Å². The van der Waals surface area contributed by atoms with Crippen molar-refractivity contribution in [2.45, 2.75) is 19.4 Å². The zero-order valence-corrected chi connectivity index (χ0v) is 12.4. The Hall–Kier alpha value is -2.26. The molecule has 0 saturated carbocycles. The topological polar surface area (TPSA) is 37.8 Å². The van der Waals surface area contributed by atoms with E-state index in [0.717, 1.165) is 29.3 Å². The molecule has 0 spiro atoms. The van der Waals surface area contributed by atoms with Crippen LogP contribution in [0.2, 0.25) is 0 Å². The maximum absolute atomic E-state index is 4.79. The summed E-state index contributed by atoms with van der Waals surface area (Å²) in [6.45, 7) is 4.99. The van der Waals surface area contributed by atoms with Crippen LogP contribution in [0.15, 0.2) is 60.7 Å². The van der Waals surface area contributed by atoms with Gasteiger partial charge in [0, 0.05) is 17.8 Å². The highest BCUT2D eigenvalue weighted by molar-refractivity contribution is 5.55. The Morgan fingerprint density at radius 2 is 1.90 bits per heavy atom. The predicted molar refractivity (Wildman–Crippen MR) is 85.8 cm³/mol. The number of benzene rings is 1. The van der Waals surface area contributed by atoms with Crippen molar-refractivity contribution < 1.29 is 0 Å². The fourth-order valence-electron chi connectivity index (χ4n) is 2.45. The lowest BCUT2D eigenvalue weighted by atomic mass is 9.96. The van der Waals surface area contributed by atoms with E-state index in [9.17, 15) is 0 Å². The smallest absolute Gasteiger partial charge is 0.159 e. The van der Waals surface area contributed by atoms with Gasteiger partial charge in [-0.3, -0.25) is 5.32 Å². The Morgan fingerprint density at radius 3 is 2.71 bits per heavy atom. The molecule has 0 fully saturated rings. The first-order valence-corrected chi connectivity index (χ1v) is 7.18. The summed E-state index contributed by atoms with van der Waals surface area (Å²) < 4.78 is 0. The molecule has 0 aliphatic carbocycles. The number of aromatic nitrogens is 2. The Morgan fingerprint density at radius 1 is 1.10 bits per heavy atom. The quantitative estimate of drug-likeness (QED) is 0.914. The van der Waals surface area contributed by atoms with Crippen LogP contribution < -0.4 is 5.32 Å². The normalized spacial score (nSPS) is 21.2. The Bertz CT molecular complexity index is 689. The second kappa shape index (κ2) is 5.62. The van der Waals surface area contributed by atoms with Gasteiger partial charge in [-0.1, -0.05) is 54.6 Å². The molecule has 3 rings (SSSR count). The average molecular weight is 277 g/mol. The number of nitrogens with one attached hydrogen (secondary N) is 1. The van der Waals surface area contributed by atoms with Gasteiger partial charge in [-0.25, -0.2) is 9.97 Å². The number of allylic oxidation sites excluding steroid dienone is 2. The van der Waals surface area contributed by atoms with Gasteiger partial charge in [-0.2, -0.15) is 0 Å². The Labute approximate surface area is 125 Å². The van der Waals surface area contributed by atoms with Crippen molar-refractivity contribution in [1.82, 2.24) is 15.3 Å². The van der Waals surface area contributed by atoms with E-state index in [-0.39, 0.29) is 5.54 Å². The van der Waals surface area contributed by atoms with Crippen molar-refractivity contribution in [3.63, 3.8) is 0 Å². The average Bonchev–Trinajstić information content (AvgIpc) is 2.73. The van der Waals surface area contributed by atoms with E-state index in [0.29, 0.717) is 0 Å². The third kappa shape index (κ3) is 2.93. The summed E-state index contributed by atoms with van der Waals surface area (Å²) in [5.74, 6) is 0.777. The summed E-state index contributed by atoms with van der Waals surface area (Å²) in [7, 11) is 0. The molecule has 3 heteroatoms. The zero-order valence-electron chi connectivity index (χ0n) is 12.4. The van der Waals surface area contributed by atoms with Crippen LogP contribution >= 0.6 is 0 Å². The minimum absolute atomic E-state index is 0.277. The van der Waals surface area contributed by atoms with Crippen LogP contribution in [0.4, 0.5) is 0 Å². The van der Waals surface area contributed by atoms with E-state index in [4.69, 9.17) is 4.98 Å². The molecular weight excluding hydrogens is 258 g/mol. The summed E-state index contributed by atoms with van der Waals surface area (Å²) in [6, 6.07) is 12.2. The standard InChI is InChI=1S/C18H19N3/c1-14-13-16(18(2)11-7-4-8-12-19-18)21-17(20-14)15-9-5-3-6-10-15/h3-11,13,19H,12H2,1-2H3. The molecule has 0 radical (unpaired) electrons. The van der Waals surface area contributed by atoms with E-state index < -0.39 is 0 Å². The lowest BCUT2D eigenvalue weighted by molar-refractivity contribution is 0.469. The molecular formula is C18H19N3. The predicted octanol–water partition coefficient (Wildman–Crippen LogP) is 3.38. The summed E-state index contributed by atoms with van der Waals surface area (Å²) in [6.07, 6.45) is 8.38. The van der Waals surface area contributed by atoms with Crippen LogP contribution in [0.1, 0.15) is 18.3 Å². The van der Waals surface area contributed by atoms with Gasteiger partial charge in [0.1, 0.15) is 0 Å². The maximum Gasteiger partial charge on any atom is 0.159 e. The monoisotopic (exact) mass is 277 g/mol. The van der Waals surface area contributed by atoms with E-state index in [2.05, 4.69) is 47.6 Å². The molecule has 1 aliphatic rings. The molecule has 3 nitrogen and oxygen atoms in total. The first kappa shape index (κ1) is 13.7. The molecule has 106 valence electrons. The van der Waals surface area contributed by atoms with Crippen LogP contribution in [0.25, 0.3) is 11.4 Å². The lowest BCUT2D eigenvalue weighted by Gasteiger charge is -2.26. The molecule has 1 atom stereocenters. The van der Waals surface area contributed by atoms with Gasteiger partial charge in [0.05, 0.1) is 11.2 Å². The van der Waals surface area contributed by atoms with Crippen LogP contribution in [0, 0.1) is 6.92 Å². The lowest BCUT2D eigenvalue weighted by Crippen LogP contribution is -2.38. The molecule has 0 saturated heterocycles. The number of nitrogens with zero attached hydrogens (tertiary/aromatic N) is 2. The number of hydrogen-bond donors (Lipinski definition) is 1. The van der Waals surface area contributed by atoms with Gasteiger partial charge >= 0.3 is 0 Å². The van der Waals surface area contributed by atoms with Crippen LogP contribution in [-0.4, -0.2) is 16.5 Å². The largest absolute Gasteiger partial charge is 0.300 e. The highest BCUT2D eigenvalue weighted by Crippen LogP contribution is 2.25. The van der Waals surface area contributed by atoms with Gasteiger partial charge in [0.25, 0.3) is 0 Å². The maximum atomic E-state index is 4.79. The van der Waals surface area contributed by atoms with E-state index in [1.807, 2.05) is 37.3 Å². The molecule has 1 aliphatic heterocycles. The number of aryl methyl sites for hydroxylation is 1. The molecule has 0 bridgehead atoms. The minimum Gasteiger partial charge on any atom is -0.300 e. The zero-order chi connectivity index (χ0) is 14.7. The number of hydrogen-bond acceptors (Lipinski definition) is 3. The van der Waals surface area contributed by atoms with Crippen molar-refractivity contribution in [1.29, 1.82) is 0 Å². The first-order valence-electron chi connectivity index (χ1n) is 7.18. The van der Waals surface area contributed by atoms with Gasteiger partial charge in [-0.05, 0) is 19.9 Å². The third-order valence-corrected chi connectivity index (χ3v) is 3.68. The second-order valence-corrected chi connectivity index (χ2v) is 5.45. The van der Waals surface area contributed by atoms with E-state index in [1.54, 1.807) is 0 Å². The van der Waals surface area contributed by atoms with Crippen molar-refractivity contribution in [3.8, 4) is 11.4 Å². The summed E-state index contributed by atoms with van der Waals surface area (Å²) in [5, 5.41) is 3.52. The van der Waals surface area contributed by atoms with Gasteiger partial charge in [-0.15, -0.1) is 0 Å². The molecule has 2 heterocycles. The molecule has 2 aromatic rings. The minimum atomic E-state index is -0.277. The number of rotatable bonds is 2. The molecule has 0 amide bonds. The third-order valence-electron chi connectivity index (χ3n) is 3.68. The van der Waals surface area contributed by atoms with Crippen molar-refractivity contribution in [3.05, 3.63) is 72.1 Å². The second-order valence-electron chi connectivity index (χ2n) is 5.45.